The van der Waals surface area contributed by atoms with Gasteiger partial charge in [0, 0.05) is 18.6 Å². The van der Waals surface area contributed by atoms with Crippen LogP contribution in [0.15, 0.2) is 61.2 Å². The van der Waals surface area contributed by atoms with Gasteiger partial charge in [-0.05, 0) is 24.3 Å². The Labute approximate surface area is 125 Å². The number of pyridine rings is 1. The van der Waals surface area contributed by atoms with Crippen molar-refractivity contribution in [3.63, 3.8) is 0 Å². The number of fused-ring (bicyclic) bond motifs is 2. The monoisotopic (exact) mass is 289 g/mol. The van der Waals surface area contributed by atoms with Crippen molar-refractivity contribution in [2.24, 2.45) is 0 Å². The lowest BCUT2D eigenvalue weighted by atomic mass is 10.2. The number of para-hydroxylation sites is 2. The summed E-state index contributed by atoms with van der Waals surface area (Å²) in [6, 6.07) is 11.0. The molecular formula is C16H11N5O. The highest BCUT2D eigenvalue weighted by Gasteiger charge is 2.09. The van der Waals surface area contributed by atoms with E-state index in [1.54, 1.807) is 41.3 Å². The fourth-order valence-electron chi connectivity index (χ4n) is 2.26. The van der Waals surface area contributed by atoms with Gasteiger partial charge in [0.15, 0.2) is 5.82 Å². The minimum absolute atomic E-state index is 0.236. The Kier molecular flexibility index (Phi) is 2.79. The highest BCUT2D eigenvalue weighted by Crippen LogP contribution is 2.13. The summed E-state index contributed by atoms with van der Waals surface area (Å²) in [4.78, 5) is 25.1. The highest BCUT2D eigenvalue weighted by atomic mass is 16.1. The topological polar surface area (TPSA) is 72.2 Å². The first kappa shape index (κ1) is 12.5. The summed E-state index contributed by atoms with van der Waals surface area (Å²) in [5, 5.41) is 2.76. The van der Waals surface area contributed by atoms with E-state index in [1.807, 2.05) is 24.3 Å². The number of amides is 1. The Morgan fingerprint density at radius 2 is 1.91 bits per heavy atom. The number of benzene rings is 1. The van der Waals surface area contributed by atoms with E-state index in [-0.39, 0.29) is 5.91 Å². The molecule has 0 fully saturated rings. The van der Waals surface area contributed by atoms with Crippen LogP contribution in [0.5, 0.6) is 0 Å². The van der Waals surface area contributed by atoms with Gasteiger partial charge >= 0.3 is 0 Å². The number of imidazole rings is 1. The molecule has 106 valence electrons. The molecule has 4 aromatic rings. The lowest BCUT2D eigenvalue weighted by molar-refractivity contribution is 0.102. The third-order valence-electron chi connectivity index (χ3n) is 3.34. The van der Waals surface area contributed by atoms with E-state index in [4.69, 9.17) is 0 Å². The standard InChI is InChI=1S/C16H11N5O/c22-16(11-5-6-15-17-7-8-21(15)10-11)20-14-9-18-12-3-1-2-4-13(12)19-14/h1-10H,(H,19,20,22). The number of nitrogens with one attached hydrogen (secondary N) is 1. The zero-order valence-corrected chi connectivity index (χ0v) is 11.5. The van der Waals surface area contributed by atoms with E-state index in [2.05, 4.69) is 20.3 Å². The molecule has 0 atom stereocenters. The molecule has 0 radical (unpaired) electrons. The number of nitrogens with zero attached hydrogens (tertiary/aromatic N) is 4. The molecule has 0 saturated carbocycles. The molecule has 1 aromatic carbocycles. The maximum atomic E-state index is 12.3. The number of hydrogen-bond acceptors (Lipinski definition) is 4. The van der Waals surface area contributed by atoms with E-state index in [9.17, 15) is 4.79 Å². The lowest BCUT2D eigenvalue weighted by Crippen LogP contribution is -2.13. The molecule has 0 bridgehead atoms. The molecule has 1 amide bonds. The quantitative estimate of drug-likeness (QED) is 0.615. The smallest absolute Gasteiger partial charge is 0.258 e. The molecule has 0 aliphatic carbocycles. The van der Waals surface area contributed by atoms with Crippen LogP contribution in [0.1, 0.15) is 10.4 Å². The Morgan fingerprint density at radius 1 is 1.05 bits per heavy atom. The minimum Gasteiger partial charge on any atom is -0.306 e. The molecule has 3 heterocycles. The number of carbonyl (C=O) groups is 1. The molecular weight excluding hydrogens is 278 g/mol. The normalized spacial score (nSPS) is 10.9. The van der Waals surface area contributed by atoms with Gasteiger partial charge in [-0.3, -0.25) is 9.78 Å². The van der Waals surface area contributed by atoms with Gasteiger partial charge in [0.2, 0.25) is 0 Å². The predicted octanol–water partition coefficient (Wildman–Crippen LogP) is 2.53. The molecule has 1 N–H and O–H groups in total. The van der Waals surface area contributed by atoms with Crippen LogP contribution in [-0.2, 0) is 0 Å². The van der Waals surface area contributed by atoms with Crippen LogP contribution in [0.2, 0.25) is 0 Å². The molecule has 4 rings (SSSR count). The number of rotatable bonds is 2. The number of hydrogen-bond donors (Lipinski definition) is 1. The highest BCUT2D eigenvalue weighted by molar-refractivity contribution is 6.04. The van der Waals surface area contributed by atoms with Crippen LogP contribution in [-0.4, -0.2) is 25.3 Å². The fraction of sp³-hybridized carbons (Fsp3) is 0. The second-order valence-corrected chi connectivity index (χ2v) is 4.81. The van der Waals surface area contributed by atoms with E-state index < -0.39 is 0 Å². The second kappa shape index (κ2) is 4.92. The van der Waals surface area contributed by atoms with E-state index in [1.165, 1.54) is 0 Å². The van der Waals surface area contributed by atoms with Crippen LogP contribution >= 0.6 is 0 Å². The number of aromatic nitrogens is 4. The summed E-state index contributed by atoms with van der Waals surface area (Å²) in [5.41, 5.74) is 2.85. The van der Waals surface area contributed by atoms with Crippen LogP contribution in [0.25, 0.3) is 16.7 Å². The molecule has 6 heteroatoms. The molecule has 0 aliphatic rings. The molecule has 6 nitrogen and oxygen atoms in total. The second-order valence-electron chi connectivity index (χ2n) is 4.81. The first-order valence-corrected chi connectivity index (χ1v) is 6.75. The Bertz CT molecular complexity index is 992. The first-order valence-electron chi connectivity index (χ1n) is 6.75. The Hall–Kier alpha value is -3.28. The van der Waals surface area contributed by atoms with Crippen molar-refractivity contribution >= 4 is 28.4 Å². The fourth-order valence-corrected chi connectivity index (χ4v) is 2.26. The van der Waals surface area contributed by atoms with Crippen molar-refractivity contribution in [1.82, 2.24) is 19.4 Å². The minimum atomic E-state index is -0.236. The van der Waals surface area contributed by atoms with E-state index >= 15 is 0 Å². The van der Waals surface area contributed by atoms with Gasteiger partial charge in [-0.15, -0.1) is 0 Å². The maximum absolute atomic E-state index is 12.3. The molecule has 0 spiro atoms. The van der Waals surface area contributed by atoms with Gasteiger partial charge in [-0.2, -0.15) is 0 Å². The van der Waals surface area contributed by atoms with Gasteiger partial charge < -0.3 is 9.72 Å². The van der Waals surface area contributed by atoms with Crippen LogP contribution in [0, 0.1) is 0 Å². The maximum Gasteiger partial charge on any atom is 0.258 e. The van der Waals surface area contributed by atoms with Crippen molar-refractivity contribution in [3.8, 4) is 0 Å². The van der Waals surface area contributed by atoms with Crippen molar-refractivity contribution in [2.75, 3.05) is 5.32 Å². The van der Waals surface area contributed by atoms with E-state index in [0.717, 1.165) is 16.7 Å². The van der Waals surface area contributed by atoms with Gasteiger partial charge in [0.05, 0.1) is 22.8 Å². The van der Waals surface area contributed by atoms with Crippen LogP contribution < -0.4 is 5.32 Å². The molecule has 0 aliphatic heterocycles. The average Bonchev–Trinajstić information content (AvgIpc) is 3.02. The number of anilines is 1. The Morgan fingerprint density at radius 3 is 2.82 bits per heavy atom. The summed E-state index contributed by atoms with van der Waals surface area (Å²) >= 11 is 0. The predicted molar refractivity (Wildman–Crippen MR) is 82.7 cm³/mol. The summed E-state index contributed by atoms with van der Waals surface area (Å²) < 4.78 is 1.79. The third kappa shape index (κ3) is 2.16. The summed E-state index contributed by atoms with van der Waals surface area (Å²) in [7, 11) is 0. The summed E-state index contributed by atoms with van der Waals surface area (Å²) in [6.07, 6.45) is 6.76. The largest absolute Gasteiger partial charge is 0.306 e. The SMILES string of the molecule is O=C(Nc1cnc2ccccc2n1)c1ccc2nccn2c1. The lowest BCUT2D eigenvalue weighted by Gasteiger charge is -2.05. The molecule has 3 aromatic heterocycles. The third-order valence-corrected chi connectivity index (χ3v) is 3.34. The molecule has 0 unspecified atom stereocenters. The van der Waals surface area contributed by atoms with Crippen LogP contribution in [0.3, 0.4) is 0 Å². The zero-order valence-electron chi connectivity index (χ0n) is 11.5. The van der Waals surface area contributed by atoms with Crippen molar-refractivity contribution < 1.29 is 4.79 Å². The van der Waals surface area contributed by atoms with Crippen molar-refractivity contribution in [1.29, 1.82) is 0 Å². The zero-order chi connectivity index (χ0) is 14.9. The van der Waals surface area contributed by atoms with Crippen molar-refractivity contribution in [3.05, 3.63) is 66.7 Å². The first-order chi connectivity index (χ1) is 10.8. The van der Waals surface area contributed by atoms with E-state index in [0.29, 0.717) is 11.4 Å². The van der Waals surface area contributed by atoms with Gasteiger partial charge in [-0.1, -0.05) is 12.1 Å². The summed E-state index contributed by atoms with van der Waals surface area (Å²) in [5.74, 6) is 0.189. The van der Waals surface area contributed by atoms with Gasteiger partial charge in [0.1, 0.15) is 5.65 Å². The molecule has 0 saturated heterocycles. The summed E-state index contributed by atoms with van der Waals surface area (Å²) in [6.45, 7) is 0. The van der Waals surface area contributed by atoms with Gasteiger partial charge in [0.25, 0.3) is 5.91 Å². The molecule has 22 heavy (non-hydrogen) atoms. The van der Waals surface area contributed by atoms with Gasteiger partial charge in [-0.25, -0.2) is 9.97 Å². The Balaban J connectivity index is 1.64. The van der Waals surface area contributed by atoms with Crippen molar-refractivity contribution in [2.45, 2.75) is 0 Å². The average molecular weight is 289 g/mol. The number of carbonyl (C=O) groups excluding carboxylic acids is 1. The van der Waals surface area contributed by atoms with Crippen LogP contribution in [0.4, 0.5) is 5.82 Å².